The summed E-state index contributed by atoms with van der Waals surface area (Å²) in [7, 11) is 0. The van der Waals surface area contributed by atoms with Gasteiger partial charge in [0.1, 0.15) is 0 Å². The Kier molecular flexibility index (Phi) is 3.92. The normalized spacial score (nSPS) is 24.2. The van der Waals surface area contributed by atoms with Gasteiger partial charge in [-0.25, -0.2) is 0 Å². The SMILES string of the molecule is CC(C)(C)C1(c2ccccc2[N+](=O)[O-])C=CC(C(=O)[O-])C=C1. The lowest BCUT2D eigenvalue weighted by Gasteiger charge is -2.42. The second kappa shape index (κ2) is 5.40. The third kappa shape index (κ3) is 2.54. The van der Waals surface area contributed by atoms with Gasteiger partial charge in [-0.3, -0.25) is 10.1 Å². The topological polar surface area (TPSA) is 83.3 Å². The van der Waals surface area contributed by atoms with E-state index in [0.717, 1.165) is 0 Å². The first-order chi connectivity index (χ1) is 10.2. The van der Waals surface area contributed by atoms with Crippen LogP contribution < -0.4 is 5.11 Å². The van der Waals surface area contributed by atoms with Gasteiger partial charge in [0, 0.05) is 23.0 Å². The molecule has 0 atom stereocenters. The fraction of sp³-hybridized carbons (Fsp3) is 0.353. The largest absolute Gasteiger partial charge is 0.549 e. The smallest absolute Gasteiger partial charge is 0.273 e. The van der Waals surface area contributed by atoms with Crippen molar-refractivity contribution in [1.29, 1.82) is 0 Å². The van der Waals surface area contributed by atoms with Gasteiger partial charge in [0.2, 0.25) is 0 Å². The number of nitrogens with zero attached hydrogens (tertiary/aromatic N) is 1. The van der Waals surface area contributed by atoms with E-state index in [1.807, 2.05) is 20.8 Å². The summed E-state index contributed by atoms with van der Waals surface area (Å²) < 4.78 is 0. The highest BCUT2D eigenvalue weighted by Crippen LogP contribution is 2.48. The molecule has 0 saturated heterocycles. The summed E-state index contributed by atoms with van der Waals surface area (Å²) in [4.78, 5) is 22.0. The van der Waals surface area contributed by atoms with Gasteiger partial charge in [-0.1, -0.05) is 63.3 Å². The molecule has 0 spiro atoms. The van der Waals surface area contributed by atoms with E-state index in [-0.39, 0.29) is 11.1 Å². The number of hydrogen-bond acceptors (Lipinski definition) is 4. The highest BCUT2D eigenvalue weighted by atomic mass is 16.6. The summed E-state index contributed by atoms with van der Waals surface area (Å²) in [6, 6.07) is 6.56. The van der Waals surface area contributed by atoms with Gasteiger partial charge in [0.15, 0.2) is 0 Å². The van der Waals surface area contributed by atoms with Crippen molar-refractivity contribution in [1.82, 2.24) is 0 Å². The first kappa shape index (κ1) is 15.9. The number of nitro groups is 1. The Morgan fingerprint density at radius 3 is 2.18 bits per heavy atom. The van der Waals surface area contributed by atoms with Crippen molar-refractivity contribution in [2.75, 3.05) is 0 Å². The third-order valence-electron chi connectivity index (χ3n) is 4.19. The van der Waals surface area contributed by atoms with Crippen LogP contribution in [0.3, 0.4) is 0 Å². The van der Waals surface area contributed by atoms with E-state index < -0.39 is 22.2 Å². The van der Waals surface area contributed by atoms with Crippen LogP contribution in [0, 0.1) is 21.4 Å². The van der Waals surface area contributed by atoms with Crippen LogP contribution in [0.2, 0.25) is 0 Å². The Balaban J connectivity index is 2.65. The molecule has 0 fully saturated rings. The lowest BCUT2D eigenvalue weighted by Crippen LogP contribution is -2.40. The Morgan fingerprint density at radius 1 is 1.18 bits per heavy atom. The predicted octanol–water partition coefficient (Wildman–Crippen LogP) is 2.37. The van der Waals surface area contributed by atoms with E-state index in [0.29, 0.717) is 5.56 Å². The lowest BCUT2D eigenvalue weighted by molar-refractivity contribution is -0.386. The zero-order valence-corrected chi connectivity index (χ0v) is 12.8. The highest BCUT2D eigenvalue weighted by Gasteiger charge is 2.44. The maximum Gasteiger partial charge on any atom is 0.273 e. The Labute approximate surface area is 129 Å². The average molecular weight is 300 g/mol. The van der Waals surface area contributed by atoms with E-state index in [4.69, 9.17) is 0 Å². The summed E-state index contributed by atoms with van der Waals surface area (Å²) in [5, 5.41) is 22.4. The fourth-order valence-electron chi connectivity index (χ4n) is 2.85. The first-order valence-electron chi connectivity index (χ1n) is 7.02. The molecular formula is C17H18NO4-. The van der Waals surface area contributed by atoms with Gasteiger partial charge < -0.3 is 9.90 Å². The molecular weight excluding hydrogens is 282 g/mol. The maximum absolute atomic E-state index is 11.4. The summed E-state index contributed by atoms with van der Waals surface area (Å²) in [5.74, 6) is -1.99. The Morgan fingerprint density at radius 2 is 1.73 bits per heavy atom. The van der Waals surface area contributed by atoms with Gasteiger partial charge in [-0.15, -0.1) is 0 Å². The Hall–Kier alpha value is -2.43. The molecule has 0 heterocycles. The van der Waals surface area contributed by atoms with Gasteiger partial charge in [0.25, 0.3) is 5.69 Å². The average Bonchev–Trinajstić information content (AvgIpc) is 2.46. The number of carboxylic acid groups (broad SMARTS) is 1. The third-order valence-corrected chi connectivity index (χ3v) is 4.19. The number of carbonyl (C=O) groups excluding carboxylic acids is 1. The fourth-order valence-corrected chi connectivity index (χ4v) is 2.85. The van der Waals surface area contributed by atoms with Crippen molar-refractivity contribution < 1.29 is 14.8 Å². The number of para-hydroxylation sites is 1. The molecule has 0 aliphatic heterocycles. The van der Waals surface area contributed by atoms with Crippen LogP contribution in [0.25, 0.3) is 0 Å². The zero-order valence-electron chi connectivity index (χ0n) is 12.8. The molecule has 0 radical (unpaired) electrons. The minimum atomic E-state index is -1.18. The van der Waals surface area contributed by atoms with E-state index in [9.17, 15) is 20.0 Å². The Bertz CT molecular complexity index is 653. The van der Waals surface area contributed by atoms with Gasteiger partial charge in [-0.05, 0) is 5.41 Å². The summed E-state index contributed by atoms with van der Waals surface area (Å²) in [6.07, 6.45) is 6.57. The van der Waals surface area contributed by atoms with Crippen LogP contribution in [-0.4, -0.2) is 10.9 Å². The van der Waals surface area contributed by atoms with Crippen LogP contribution in [0.5, 0.6) is 0 Å². The van der Waals surface area contributed by atoms with Gasteiger partial charge in [-0.2, -0.15) is 0 Å². The molecule has 22 heavy (non-hydrogen) atoms. The first-order valence-corrected chi connectivity index (χ1v) is 7.02. The van der Waals surface area contributed by atoms with Crippen LogP contribution in [0.15, 0.2) is 48.6 Å². The zero-order chi connectivity index (χ0) is 16.5. The standard InChI is InChI=1S/C17H19NO4/c1-16(2,3)17(10-8-12(9-11-17)15(19)20)13-6-4-5-7-14(13)18(21)22/h4-12H,1-3H3,(H,19,20)/p-1. The van der Waals surface area contributed by atoms with Crippen LogP contribution in [0.4, 0.5) is 5.69 Å². The van der Waals surface area contributed by atoms with Gasteiger partial charge in [0.05, 0.1) is 10.9 Å². The lowest BCUT2D eigenvalue weighted by atomic mass is 9.60. The summed E-state index contributed by atoms with van der Waals surface area (Å²) in [5.41, 5.74) is -0.540. The molecule has 0 saturated carbocycles. The number of aliphatic carboxylic acids is 1. The van der Waals surface area contributed by atoms with E-state index in [1.54, 1.807) is 30.4 Å². The molecule has 0 amide bonds. The molecule has 2 rings (SSSR count). The molecule has 0 aromatic heterocycles. The predicted molar refractivity (Wildman–Crippen MR) is 81.0 cm³/mol. The summed E-state index contributed by atoms with van der Waals surface area (Å²) >= 11 is 0. The van der Waals surface area contributed by atoms with Crippen LogP contribution in [0.1, 0.15) is 26.3 Å². The molecule has 1 aromatic rings. The van der Waals surface area contributed by atoms with Crippen molar-refractivity contribution >= 4 is 11.7 Å². The molecule has 1 aliphatic rings. The van der Waals surface area contributed by atoms with Gasteiger partial charge >= 0.3 is 0 Å². The number of carbonyl (C=O) groups is 1. The number of hydrogen-bond donors (Lipinski definition) is 0. The molecule has 1 aromatic carbocycles. The molecule has 0 unspecified atom stereocenters. The molecule has 0 N–H and O–H groups in total. The van der Waals surface area contributed by atoms with Crippen LogP contribution >= 0.6 is 0 Å². The van der Waals surface area contributed by atoms with Crippen molar-refractivity contribution in [3.05, 3.63) is 64.2 Å². The van der Waals surface area contributed by atoms with E-state index in [2.05, 4.69) is 0 Å². The second-order valence-corrected chi connectivity index (χ2v) is 6.46. The van der Waals surface area contributed by atoms with E-state index in [1.165, 1.54) is 18.2 Å². The quantitative estimate of drug-likeness (QED) is 0.487. The van der Waals surface area contributed by atoms with Crippen molar-refractivity contribution in [3.8, 4) is 0 Å². The van der Waals surface area contributed by atoms with Crippen molar-refractivity contribution in [3.63, 3.8) is 0 Å². The maximum atomic E-state index is 11.4. The van der Waals surface area contributed by atoms with Crippen LogP contribution in [-0.2, 0) is 10.2 Å². The summed E-state index contributed by atoms with van der Waals surface area (Å²) in [6.45, 7) is 5.91. The molecule has 116 valence electrons. The number of nitro benzene ring substituents is 1. The number of allylic oxidation sites excluding steroid dienone is 2. The van der Waals surface area contributed by atoms with Crippen molar-refractivity contribution in [2.24, 2.45) is 11.3 Å². The number of rotatable bonds is 3. The minimum Gasteiger partial charge on any atom is -0.549 e. The molecule has 1 aliphatic carbocycles. The minimum absolute atomic E-state index is 0.0265. The molecule has 0 bridgehead atoms. The molecule has 5 nitrogen and oxygen atoms in total. The number of benzene rings is 1. The highest BCUT2D eigenvalue weighted by molar-refractivity contribution is 5.73. The second-order valence-electron chi connectivity index (χ2n) is 6.46. The monoisotopic (exact) mass is 300 g/mol. The van der Waals surface area contributed by atoms with Crippen molar-refractivity contribution in [2.45, 2.75) is 26.2 Å². The van der Waals surface area contributed by atoms with E-state index >= 15 is 0 Å². The molecule has 5 heteroatoms. The number of carboxylic acids is 1.